The zero-order valence-electron chi connectivity index (χ0n) is 14.5. The molecule has 0 saturated carbocycles. The second-order valence-electron chi connectivity index (χ2n) is 7.56. The van der Waals surface area contributed by atoms with Gasteiger partial charge in [0.1, 0.15) is 12.6 Å². The predicted molar refractivity (Wildman–Crippen MR) is 95.4 cm³/mol. The van der Waals surface area contributed by atoms with Crippen molar-refractivity contribution in [2.75, 3.05) is 59.7 Å². The van der Waals surface area contributed by atoms with E-state index in [0.717, 1.165) is 54.9 Å². The third-order valence-electron chi connectivity index (χ3n) is 4.48. The first kappa shape index (κ1) is 16.3. The van der Waals surface area contributed by atoms with E-state index in [1.807, 2.05) is 12.1 Å². The number of anilines is 1. The molecule has 3 rings (SSSR count). The molecule has 23 heavy (non-hydrogen) atoms. The fourth-order valence-corrected chi connectivity index (χ4v) is 3.40. The molecular weight excluding hydrogens is 288 g/mol. The highest BCUT2D eigenvalue weighted by Crippen LogP contribution is 2.22. The topological polar surface area (TPSA) is 43.4 Å². The summed E-state index contributed by atoms with van der Waals surface area (Å²) in [5.74, 6) is 0. The Morgan fingerprint density at radius 3 is 2.83 bits per heavy atom. The van der Waals surface area contributed by atoms with E-state index in [4.69, 9.17) is 10.5 Å². The summed E-state index contributed by atoms with van der Waals surface area (Å²) in [6, 6.07) is 8.25. The van der Waals surface area contributed by atoms with E-state index in [1.54, 1.807) is 0 Å². The minimum absolute atomic E-state index is 0.334. The molecule has 1 saturated heterocycles. The van der Waals surface area contributed by atoms with Crippen LogP contribution in [-0.2, 0) is 11.3 Å². The summed E-state index contributed by atoms with van der Waals surface area (Å²) in [5, 5.41) is 1.15. The Labute approximate surface area is 138 Å². The highest BCUT2D eigenvalue weighted by atomic mass is 16.5. The fraction of sp³-hybridized carbons (Fsp3) is 0.556. The standard InChI is InChI=1S/C18H29N4O/c1-22(2,3)14-15-13-20(11-12-23-15)9-10-21-8-7-16-17(19)5-4-6-18(16)21/h4-8,15H,9-14,19H2,1-3H3/q+1. The van der Waals surface area contributed by atoms with Gasteiger partial charge in [0.15, 0.2) is 0 Å². The molecule has 1 aliphatic heterocycles. The van der Waals surface area contributed by atoms with Crippen LogP contribution >= 0.6 is 0 Å². The van der Waals surface area contributed by atoms with Crippen molar-refractivity contribution in [3.63, 3.8) is 0 Å². The highest BCUT2D eigenvalue weighted by molar-refractivity contribution is 5.91. The van der Waals surface area contributed by atoms with E-state index in [2.05, 4.69) is 48.9 Å². The summed E-state index contributed by atoms with van der Waals surface area (Å²) >= 11 is 0. The van der Waals surface area contributed by atoms with Crippen molar-refractivity contribution in [2.45, 2.75) is 12.6 Å². The van der Waals surface area contributed by atoms with E-state index < -0.39 is 0 Å². The number of quaternary nitrogens is 1. The molecule has 1 aliphatic rings. The molecule has 1 atom stereocenters. The van der Waals surface area contributed by atoms with Crippen LogP contribution in [0.15, 0.2) is 30.5 Å². The molecule has 5 heteroatoms. The fourth-order valence-electron chi connectivity index (χ4n) is 3.40. The Morgan fingerprint density at radius 1 is 1.22 bits per heavy atom. The summed E-state index contributed by atoms with van der Waals surface area (Å²) in [7, 11) is 6.66. The monoisotopic (exact) mass is 317 g/mol. The lowest BCUT2D eigenvalue weighted by atomic mass is 10.2. The predicted octanol–water partition coefficient (Wildman–Crippen LogP) is 1.63. The number of ether oxygens (including phenoxy) is 1. The quantitative estimate of drug-likeness (QED) is 0.673. The van der Waals surface area contributed by atoms with Gasteiger partial charge in [-0.1, -0.05) is 6.07 Å². The first-order chi connectivity index (χ1) is 10.9. The van der Waals surface area contributed by atoms with Crippen molar-refractivity contribution in [3.05, 3.63) is 30.5 Å². The number of rotatable bonds is 5. The number of nitrogens with two attached hydrogens (primary N) is 1. The zero-order chi connectivity index (χ0) is 16.4. The molecule has 2 aromatic rings. The minimum Gasteiger partial charge on any atom is -0.398 e. The Balaban J connectivity index is 1.60. The summed E-state index contributed by atoms with van der Waals surface area (Å²) in [6.07, 6.45) is 2.48. The first-order valence-corrected chi connectivity index (χ1v) is 8.40. The van der Waals surface area contributed by atoms with Crippen LogP contribution in [0.4, 0.5) is 5.69 Å². The van der Waals surface area contributed by atoms with Crippen molar-refractivity contribution in [1.82, 2.24) is 9.47 Å². The second-order valence-corrected chi connectivity index (χ2v) is 7.56. The van der Waals surface area contributed by atoms with Crippen LogP contribution in [0.3, 0.4) is 0 Å². The maximum absolute atomic E-state index is 6.04. The average Bonchev–Trinajstić information content (AvgIpc) is 2.88. The largest absolute Gasteiger partial charge is 0.398 e. The first-order valence-electron chi connectivity index (χ1n) is 8.40. The molecule has 1 unspecified atom stereocenters. The van der Waals surface area contributed by atoms with E-state index >= 15 is 0 Å². The lowest BCUT2D eigenvalue weighted by molar-refractivity contribution is -0.873. The number of aromatic nitrogens is 1. The Hall–Kier alpha value is -1.56. The Morgan fingerprint density at radius 2 is 2.04 bits per heavy atom. The normalized spacial score (nSPS) is 20.2. The summed E-state index contributed by atoms with van der Waals surface area (Å²) < 4.78 is 9.17. The molecule has 126 valence electrons. The highest BCUT2D eigenvalue weighted by Gasteiger charge is 2.25. The van der Waals surface area contributed by atoms with Crippen molar-refractivity contribution >= 4 is 16.6 Å². The molecule has 2 heterocycles. The number of nitrogen functional groups attached to an aromatic ring is 1. The second kappa shape index (κ2) is 6.51. The zero-order valence-corrected chi connectivity index (χ0v) is 14.5. The Kier molecular flexibility index (Phi) is 4.62. The number of nitrogens with zero attached hydrogens (tertiary/aromatic N) is 3. The third kappa shape index (κ3) is 4.05. The lowest BCUT2D eigenvalue weighted by Crippen LogP contribution is -2.51. The van der Waals surface area contributed by atoms with E-state index in [1.165, 1.54) is 5.52 Å². The van der Waals surface area contributed by atoms with Crippen LogP contribution in [0, 0.1) is 0 Å². The number of morpholine rings is 1. The average molecular weight is 317 g/mol. The molecule has 0 spiro atoms. The van der Waals surface area contributed by atoms with Crippen molar-refractivity contribution in [2.24, 2.45) is 0 Å². The van der Waals surface area contributed by atoms with Gasteiger partial charge < -0.3 is 19.5 Å². The van der Waals surface area contributed by atoms with Gasteiger partial charge >= 0.3 is 0 Å². The van der Waals surface area contributed by atoms with Gasteiger partial charge in [-0.15, -0.1) is 0 Å². The molecule has 0 bridgehead atoms. The smallest absolute Gasteiger partial charge is 0.119 e. The minimum atomic E-state index is 0.334. The number of hydrogen-bond acceptors (Lipinski definition) is 3. The van der Waals surface area contributed by atoms with Gasteiger partial charge in [-0.2, -0.15) is 0 Å². The summed E-state index contributed by atoms with van der Waals surface area (Å²) in [4.78, 5) is 2.52. The molecule has 0 amide bonds. The van der Waals surface area contributed by atoms with Gasteiger partial charge in [0, 0.05) is 43.4 Å². The summed E-state index contributed by atoms with van der Waals surface area (Å²) in [6.45, 7) is 5.98. The number of likely N-dealkylation sites (N-methyl/N-ethyl adjacent to an activating group) is 1. The van der Waals surface area contributed by atoms with E-state index in [9.17, 15) is 0 Å². The lowest BCUT2D eigenvalue weighted by Gasteiger charge is -2.36. The van der Waals surface area contributed by atoms with Crippen LogP contribution in [0.5, 0.6) is 0 Å². The van der Waals surface area contributed by atoms with Crippen LogP contribution in [-0.4, -0.2) is 74.0 Å². The number of fused-ring (bicyclic) bond motifs is 1. The Bertz CT molecular complexity index is 659. The molecule has 2 N–H and O–H groups in total. The molecule has 1 aromatic heterocycles. The number of benzene rings is 1. The van der Waals surface area contributed by atoms with E-state index in [0.29, 0.717) is 6.10 Å². The summed E-state index contributed by atoms with van der Waals surface area (Å²) in [5.41, 5.74) is 8.12. The maximum atomic E-state index is 6.04. The molecule has 0 aliphatic carbocycles. The van der Waals surface area contributed by atoms with Crippen molar-refractivity contribution in [1.29, 1.82) is 0 Å². The molecule has 5 nitrogen and oxygen atoms in total. The van der Waals surface area contributed by atoms with Crippen LogP contribution < -0.4 is 5.73 Å². The van der Waals surface area contributed by atoms with Crippen LogP contribution in [0.1, 0.15) is 0 Å². The van der Waals surface area contributed by atoms with Crippen molar-refractivity contribution in [3.8, 4) is 0 Å². The SMILES string of the molecule is C[N+](C)(C)CC1CN(CCn2ccc3c(N)cccc32)CCO1. The van der Waals surface area contributed by atoms with Gasteiger partial charge in [-0.3, -0.25) is 4.90 Å². The molecule has 1 aromatic carbocycles. The molecule has 0 radical (unpaired) electrons. The van der Waals surface area contributed by atoms with E-state index in [-0.39, 0.29) is 0 Å². The van der Waals surface area contributed by atoms with Gasteiger partial charge in [0.25, 0.3) is 0 Å². The van der Waals surface area contributed by atoms with Gasteiger partial charge in [-0.25, -0.2) is 0 Å². The molecular formula is C18H29N4O+. The maximum Gasteiger partial charge on any atom is 0.119 e. The van der Waals surface area contributed by atoms with Gasteiger partial charge in [-0.05, 0) is 18.2 Å². The van der Waals surface area contributed by atoms with Crippen LogP contribution in [0.25, 0.3) is 10.9 Å². The van der Waals surface area contributed by atoms with Gasteiger partial charge in [0.05, 0.1) is 33.3 Å². The van der Waals surface area contributed by atoms with Gasteiger partial charge in [0.2, 0.25) is 0 Å². The van der Waals surface area contributed by atoms with Crippen molar-refractivity contribution < 1.29 is 9.22 Å². The van der Waals surface area contributed by atoms with Crippen LogP contribution in [0.2, 0.25) is 0 Å². The number of hydrogen-bond donors (Lipinski definition) is 1. The molecule has 1 fully saturated rings. The third-order valence-corrected chi connectivity index (χ3v) is 4.48.